The zero-order valence-corrected chi connectivity index (χ0v) is 17.1. The number of rotatable bonds is 3. The Morgan fingerprint density at radius 3 is 0.900 bits per heavy atom. The predicted octanol–water partition coefficient (Wildman–Crippen LogP) is 0.690. The molecule has 0 amide bonds. The Bertz CT molecular complexity index is 751. The third kappa shape index (κ3) is 13.3. The van der Waals surface area contributed by atoms with Gasteiger partial charge in [0.25, 0.3) is 0 Å². The number of nitrogens with zero attached hydrogens (tertiary/aromatic N) is 3. The van der Waals surface area contributed by atoms with Crippen LogP contribution < -0.4 is 0 Å². The van der Waals surface area contributed by atoms with Gasteiger partial charge in [0.05, 0.1) is 16.7 Å². The monoisotopic (exact) mass is 570 g/mol. The number of aromatic nitrogens is 3. The van der Waals surface area contributed by atoms with Crippen LogP contribution in [0.5, 0.6) is 0 Å². The van der Waals surface area contributed by atoms with Gasteiger partial charge in [0.15, 0.2) is 0 Å². The number of carboxylic acids is 3. The molecule has 0 bridgehead atoms. The molecule has 3 aromatic rings. The number of carbonyl (C=O) groups is 3. The van der Waals surface area contributed by atoms with Crippen molar-refractivity contribution in [3.8, 4) is 0 Å². The van der Waals surface area contributed by atoms with Gasteiger partial charge < -0.3 is 26.3 Å². The van der Waals surface area contributed by atoms with Gasteiger partial charge in [-0.15, -0.1) is 0 Å². The van der Waals surface area contributed by atoms with E-state index in [4.69, 9.17) is 15.3 Å². The van der Waals surface area contributed by atoms with Crippen LogP contribution in [0.15, 0.2) is 73.6 Å². The molecule has 0 fully saturated rings. The summed E-state index contributed by atoms with van der Waals surface area (Å²) in [6, 6.07) is 9.25. The molecule has 0 aromatic carbocycles. The fourth-order valence-corrected chi connectivity index (χ4v) is 1.47. The van der Waals surface area contributed by atoms with Crippen molar-refractivity contribution in [3.63, 3.8) is 0 Å². The van der Waals surface area contributed by atoms with Gasteiger partial charge >= 0.3 is 17.9 Å². The Kier molecular flexibility index (Phi) is 19.1. The van der Waals surface area contributed by atoms with Crippen LogP contribution in [0.1, 0.15) is 31.1 Å². The summed E-state index contributed by atoms with van der Waals surface area (Å²) in [7, 11) is 0. The van der Waals surface area contributed by atoms with Gasteiger partial charge in [-0.3, -0.25) is 15.0 Å². The second-order valence-electron chi connectivity index (χ2n) is 4.64. The van der Waals surface area contributed by atoms with Crippen LogP contribution in [0.25, 0.3) is 0 Å². The van der Waals surface area contributed by atoms with E-state index < -0.39 is 17.9 Å². The maximum atomic E-state index is 10.2. The van der Waals surface area contributed by atoms with E-state index in [1.54, 1.807) is 18.2 Å². The number of aromatic carboxylic acids is 3. The van der Waals surface area contributed by atoms with Gasteiger partial charge in [-0.1, -0.05) is 0 Å². The van der Waals surface area contributed by atoms with Crippen molar-refractivity contribution < 1.29 is 78.4 Å². The summed E-state index contributed by atoms with van der Waals surface area (Å²) in [6.07, 6.45) is 8.53. The van der Waals surface area contributed by atoms with E-state index in [2.05, 4.69) is 15.0 Å². The summed E-state index contributed by atoms with van der Waals surface area (Å²) in [5.41, 5.74) is 0.660. The minimum atomic E-state index is -0.942. The molecule has 0 spiro atoms. The molecule has 3 heterocycles. The summed E-state index contributed by atoms with van der Waals surface area (Å²) in [4.78, 5) is 41.4. The molecule has 7 N–H and O–H groups in total. The summed E-state index contributed by atoms with van der Waals surface area (Å²) in [5, 5.41) is 25.0. The molecule has 0 unspecified atom stereocenters. The maximum absolute atomic E-state index is 10.2. The number of hydrogen-bond donors (Lipinski definition) is 3. The molecular formula is C18H19HoN3O8. The van der Waals surface area contributed by atoms with E-state index in [1.807, 2.05) is 0 Å². The fourth-order valence-electron chi connectivity index (χ4n) is 1.47. The maximum Gasteiger partial charge on any atom is 0.337 e. The molecule has 1 radical (unpaired) electrons. The van der Waals surface area contributed by atoms with E-state index in [0.29, 0.717) is 0 Å². The van der Waals surface area contributed by atoms with E-state index in [1.165, 1.54) is 55.4 Å². The first kappa shape index (κ1) is 31.7. The summed E-state index contributed by atoms with van der Waals surface area (Å²) in [6.45, 7) is 0. The van der Waals surface area contributed by atoms with Crippen LogP contribution in [0.4, 0.5) is 0 Å². The Labute approximate surface area is 200 Å². The van der Waals surface area contributed by atoms with Crippen LogP contribution in [0.2, 0.25) is 0 Å². The molecule has 0 aliphatic carbocycles. The van der Waals surface area contributed by atoms with Crippen LogP contribution in [-0.4, -0.2) is 59.1 Å². The summed E-state index contributed by atoms with van der Waals surface area (Å²) in [5.74, 6) is -2.82. The van der Waals surface area contributed by atoms with Crippen molar-refractivity contribution in [2.24, 2.45) is 0 Å². The average molecular weight is 570 g/mol. The van der Waals surface area contributed by atoms with Crippen molar-refractivity contribution in [1.82, 2.24) is 15.0 Å². The minimum Gasteiger partial charge on any atom is -0.478 e. The van der Waals surface area contributed by atoms with E-state index in [9.17, 15) is 14.4 Å². The third-order valence-electron chi connectivity index (χ3n) is 2.73. The van der Waals surface area contributed by atoms with Crippen molar-refractivity contribution in [3.05, 3.63) is 90.3 Å². The summed E-state index contributed by atoms with van der Waals surface area (Å²) < 4.78 is 0. The molecule has 0 aliphatic heterocycles. The second-order valence-corrected chi connectivity index (χ2v) is 4.64. The molecule has 3 aromatic heterocycles. The zero-order valence-electron chi connectivity index (χ0n) is 15.1. The van der Waals surface area contributed by atoms with Crippen LogP contribution in [0.3, 0.4) is 0 Å². The van der Waals surface area contributed by atoms with Crippen molar-refractivity contribution in [2.45, 2.75) is 0 Å². The number of pyridine rings is 3. The first-order chi connectivity index (χ1) is 12.9. The van der Waals surface area contributed by atoms with Crippen LogP contribution >= 0.6 is 0 Å². The molecule has 0 atom stereocenters. The Morgan fingerprint density at radius 1 is 0.567 bits per heavy atom. The number of hydrogen-bond acceptors (Lipinski definition) is 6. The standard InChI is InChI=1S/3C6H5NO2.Ho.2H2O/c3*8-6(9)5-2-1-3-7-4-5;;;/h3*1-4H,(H,8,9);;2*1H2. The SMILES string of the molecule is O.O.O=C(O)c1cccnc1.O=C(O)c1cccnc1.O=C(O)c1cccnc1.[Ho]. The molecule has 30 heavy (non-hydrogen) atoms. The molecule has 165 valence electrons. The quantitative estimate of drug-likeness (QED) is 0.377. The Balaban J connectivity index is -0.000000347. The van der Waals surface area contributed by atoms with Crippen LogP contribution in [0, 0.1) is 37.7 Å². The molecule has 11 nitrogen and oxygen atoms in total. The van der Waals surface area contributed by atoms with Gasteiger partial charge in [-0.25, -0.2) is 14.4 Å². The molecule has 0 saturated heterocycles. The van der Waals surface area contributed by atoms with Crippen molar-refractivity contribution in [2.75, 3.05) is 0 Å². The molecular weight excluding hydrogens is 551 g/mol. The topological polar surface area (TPSA) is 214 Å². The average Bonchev–Trinajstić information content (AvgIpc) is 2.71. The number of carboxylic acid groups (broad SMARTS) is 3. The van der Waals surface area contributed by atoms with E-state index in [0.717, 1.165) is 0 Å². The normalized spacial score (nSPS) is 8.00. The van der Waals surface area contributed by atoms with Crippen LogP contribution in [-0.2, 0) is 0 Å². The van der Waals surface area contributed by atoms with Gasteiger partial charge in [0.1, 0.15) is 0 Å². The fraction of sp³-hybridized carbons (Fsp3) is 0. The molecule has 0 aliphatic rings. The van der Waals surface area contributed by atoms with Gasteiger partial charge in [0.2, 0.25) is 0 Å². The molecule has 0 saturated carbocycles. The Hall–Kier alpha value is -2.96. The van der Waals surface area contributed by atoms with Crippen molar-refractivity contribution >= 4 is 17.9 Å². The van der Waals surface area contributed by atoms with E-state index in [-0.39, 0.29) is 65.4 Å². The smallest absolute Gasteiger partial charge is 0.337 e. The minimum absolute atomic E-state index is 0. The van der Waals surface area contributed by atoms with Crippen molar-refractivity contribution in [1.29, 1.82) is 0 Å². The molecule has 3 rings (SSSR count). The zero-order chi connectivity index (χ0) is 20.1. The van der Waals surface area contributed by atoms with Gasteiger partial charge in [-0.2, -0.15) is 0 Å². The summed E-state index contributed by atoms with van der Waals surface area (Å²) >= 11 is 0. The van der Waals surface area contributed by atoms with Gasteiger partial charge in [0, 0.05) is 74.9 Å². The van der Waals surface area contributed by atoms with E-state index >= 15 is 0 Å². The third-order valence-corrected chi connectivity index (χ3v) is 2.73. The first-order valence-electron chi connectivity index (χ1n) is 7.31. The Morgan fingerprint density at radius 2 is 0.800 bits per heavy atom. The first-order valence-corrected chi connectivity index (χ1v) is 7.31. The second kappa shape index (κ2) is 18.1. The molecule has 12 heteroatoms. The van der Waals surface area contributed by atoms with Gasteiger partial charge in [-0.05, 0) is 36.4 Å². The largest absolute Gasteiger partial charge is 0.478 e. The predicted molar refractivity (Wildman–Crippen MR) is 101 cm³/mol.